The lowest BCUT2D eigenvalue weighted by molar-refractivity contribution is 0.340. The van der Waals surface area contributed by atoms with Crippen LogP contribution in [0.15, 0.2) is 22.0 Å². The second-order valence-electron chi connectivity index (χ2n) is 4.77. The van der Waals surface area contributed by atoms with Crippen LogP contribution in [0.1, 0.15) is 16.8 Å². The molecule has 0 unspecified atom stereocenters. The van der Waals surface area contributed by atoms with Crippen molar-refractivity contribution in [1.82, 2.24) is 9.97 Å². The molecule has 8 heteroatoms. The number of aromatic nitrogens is 2. The van der Waals surface area contributed by atoms with E-state index in [1.54, 1.807) is 26.0 Å². The van der Waals surface area contributed by atoms with Crippen LogP contribution in [0.25, 0.3) is 0 Å². The highest BCUT2D eigenvalue weighted by atomic mass is 16.5. The number of aryl methyl sites for hydroxylation is 1. The van der Waals surface area contributed by atoms with Gasteiger partial charge in [0.1, 0.15) is 0 Å². The summed E-state index contributed by atoms with van der Waals surface area (Å²) in [5.74, 6) is 0.694. The van der Waals surface area contributed by atoms with E-state index in [2.05, 4.69) is 20.5 Å². The second-order valence-corrected chi connectivity index (χ2v) is 4.77. The molecule has 3 N–H and O–H groups in total. The zero-order valence-electron chi connectivity index (χ0n) is 13.3. The Hall–Kier alpha value is -3.03. The number of hydrogen-bond acceptors (Lipinski definition) is 7. The van der Waals surface area contributed by atoms with Crippen molar-refractivity contribution in [1.29, 1.82) is 0 Å². The average molecular weight is 318 g/mol. The normalized spacial score (nSPS) is 10.8. The van der Waals surface area contributed by atoms with Crippen molar-refractivity contribution in [2.24, 2.45) is 5.10 Å². The summed E-state index contributed by atoms with van der Waals surface area (Å²) in [4.78, 5) is 18.4. The van der Waals surface area contributed by atoms with Crippen LogP contribution in [0.3, 0.4) is 0 Å². The number of ether oxygens (including phenoxy) is 2. The Labute approximate surface area is 132 Å². The number of nitrogens with one attached hydrogen (secondary N) is 2. The summed E-state index contributed by atoms with van der Waals surface area (Å²) in [6.07, 6.45) is 1.49. The van der Waals surface area contributed by atoms with Gasteiger partial charge in [0, 0.05) is 16.8 Å². The van der Waals surface area contributed by atoms with E-state index in [0.29, 0.717) is 16.8 Å². The predicted molar refractivity (Wildman–Crippen MR) is 86.8 cm³/mol. The van der Waals surface area contributed by atoms with Gasteiger partial charge in [-0.1, -0.05) is 0 Å². The molecule has 0 atom stereocenters. The van der Waals surface area contributed by atoms with Crippen molar-refractivity contribution in [3.63, 3.8) is 0 Å². The minimum Gasteiger partial charge on any atom is -0.502 e. The lowest BCUT2D eigenvalue weighted by Gasteiger charge is -2.09. The molecule has 0 fully saturated rings. The van der Waals surface area contributed by atoms with Crippen LogP contribution in [-0.2, 0) is 0 Å². The van der Waals surface area contributed by atoms with Gasteiger partial charge in [-0.15, -0.1) is 0 Å². The first-order chi connectivity index (χ1) is 11.0. The molecule has 0 spiro atoms. The predicted octanol–water partition coefficient (Wildman–Crippen LogP) is 1.56. The molecular formula is C15H18N4O4. The summed E-state index contributed by atoms with van der Waals surface area (Å²) >= 11 is 0. The number of anilines is 1. The molecule has 0 radical (unpaired) electrons. The minimum absolute atomic E-state index is 0.0831. The van der Waals surface area contributed by atoms with Crippen molar-refractivity contribution in [2.75, 3.05) is 19.6 Å². The number of aromatic hydroxyl groups is 1. The van der Waals surface area contributed by atoms with E-state index < -0.39 is 0 Å². The van der Waals surface area contributed by atoms with Gasteiger partial charge in [-0.25, -0.2) is 10.4 Å². The van der Waals surface area contributed by atoms with Crippen LogP contribution in [0, 0.1) is 13.8 Å². The zero-order chi connectivity index (χ0) is 17.0. The van der Waals surface area contributed by atoms with Gasteiger partial charge < -0.3 is 14.6 Å². The molecule has 1 heterocycles. The summed E-state index contributed by atoms with van der Waals surface area (Å²) in [6.45, 7) is 3.44. The Morgan fingerprint density at radius 2 is 1.87 bits per heavy atom. The Balaban J connectivity index is 2.22. The van der Waals surface area contributed by atoms with Gasteiger partial charge in [0.25, 0.3) is 5.56 Å². The first-order valence-corrected chi connectivity index (χ1v) is 6.77. The van der Waals surface area contributed by atoms with Gasteiger partial charge in [0.15, 0.2) is 11.5 Å². The number of benzene rings is 1. The maximum absolute atomic E-state index is 11.7. The van der Waals surface area contributed by atoms with Crippen molar-refractivity contribution >= 4 is 12.2 Å². The molecule has 0 aliphatic heterocycles. The summed E-state index contributed by atoms with van der Waals surface area (Å²) in [6, 6.07) is 3.19. The molecule has 0 aliphatic rings. The van der Waals surface area contributed by atoms with Gasteiger partial charge >= 0.3 is 0 Å². The van der Waals surface area contributed by atoms with E-state index in [-0.39, 0.29) is 28.8 Å². The van der Waals surface area contributed by atoms with Crippen molar-refractivity contribution in [3.8, 4) is 17.2 Å². The highest BCUT2D eigenvalue weighted by Gasteiger charge is 2.10. The topological polar surface area (TPSA) is 109 Å². The van der Waals surface area contributed by atoms with Gasteiger partial charge in [-0.3, -0.25) is 9.78 Å². The molecule has 0 saturated heterocycles. The van der Waals surface area contributed by atoms with Gasteiger partial charge in [0.05, 0.1) is 20.4 Å². The summed E-state index contributed by atoms with van der Waals surface area (Å²) in [7, 11) is 2.88. The molecule has 1 aromatic carbocycles. The Morgan fingerprint density at radius 3 is 2.39 bits per heavy atom. The van der Waals surface area contributed by atoms with Crippen LogP contribution >= 0.6 is 0 Å². The van der Waals surface area contributed by atoms with Gasteiger partial charge in [-0.05, 0) is 26.0 Å². The number of methoxy groups -OCH3 is 2. The lowest BCUT2D eigenvalue weighted by Crippen LogP contribution is -2.15. The molecule has 0 aliphatic carbocycles. The fraction of sp³-hybridized carbons (Fsp3) is 0.267. The molecule has 0 bridgehead atoms. The van der Waals surface area contributed by atoms with Crippen molar-refractivity contribution < 1.29 is 14.6 Å². The standard InChI is InChI=1S/C15H18N4O4/c1-8-9(2)17-15(18-14(8)21)19-16-7-10-5-11(22-3)13(20)12(6-10)23-4/h5-7,20H,1-4H3,(H2,17,18,19,21)/b16-7-. The quantitative estimate of drug-likeness (QED) is 0.570. The highest BCUT2D eigenvalue weighted by Crippen LogP contribution is 2.36. The minimum atomic E-state index is -0.219. The van der Waals surface area contributed by atoms with E-state index in [1.807, 2.05) is 0 Å². The first kappa shape index (κ1) is 16.3. The summed E-state index contributed by atoms with van der Waals surface area (Å²) in [5.41, 5.74) is 4.25. The smallest absolute Gasteiger partial charge is 0.255 e. The number of rotatable bonds is 5. The molecule has 1 aromatic heterocycles. The van der Waals surface area contributed by atoms with Crippen LogP contribution in [0.5, 0.6) is 17.2 Å². The first-order valence-electron chi connectivity index (χ1n) is 6.77. The van der Waals surface area contributed by atoms with E-state index >= 15 is 0 Å². The third kappa shape index (κ3) is 3.60. The third-order valence-electron chi connectivity index (χ3n) is 3.28. The van der Waals surface area contributed by atoms with E-state index in [1.165, 1.54) is 20.4 Å². The molecular weight excluding hydrogens is 300 g/mol. The number of hydrazone groups is 1. The molecule has 8 nitrogen and oxygen atoms in total. The second kappa shape index (κ2) is 6.82. The van der Waals surface area contributed by atoms with Crippen molar-refractivity contribution in [3.05, 3.63) is 39.3 Å². The molecule has 23 heavy (non-hydrogen) atoms. The van der Waals surface area contributed by atoms with E-state index in [9.17, 15) is 9.90 Å². The largest absolute Gasteiger partial charge is 0.502 e. The number of aromatic amines is 1. The molecule has 2 rings (SSSR count). The van der Waals surface area contributed by atoms with Crippen LogP contribution < -0.4 is 20.5 Å². The Bertz CT molecular complexity index is 774. The molecule has 0 saturated carbocycles. The maximum atomic E-state index is 11.7. The van der Waals surface area contributed by atoms with Gasteiger partial charge in [-0.2, -0.15) is 5.10 Å². The van der Waals surface area contributed by atoms with E-state index in [4.69, 9.17) is 9.47 Å². The lowest BCUT2D eigenvalue weighted by atomic mass is 10.2. The van der Waals surface area contributed by atoms with Gasteiger partial charge in [0.2, 0.25) is 11.7 Å². The maximum Gasteiger partial charge on any atom is 0.255 e. The van der Waals surface area contributed by atoms with Crippen LogP contribution in [-0.4, -0.2) is 35.5 Å². The third-order valence-corrected chi connectivity index (χ3v) is 3.28. The van der Waals surface area contributed by atoms with Crippen LogP contribution in [0.4, 0.5) is 5.95 Å². The number of nitrogens with zero attached hydrogens (tertiary/aromatic N) is 2. The number of H-pyrrole nitrogens is 1. The SMILES string of the molecule is COc1cc(/C=N\Nc2nc(C)c(C)c(=O)[nH]2)cc(OC)c1O. The monoisotopic (exact) mass is 318 g/mol. The summed E-state index contributed by atoms with van der Waals surface area (Å²) in [5, 5.41) is 13.8. The van der Waals surface area contributed by atoms with Crippen molar-refractivity contribution in [2.45, 2.75) is 13.8 Å². The fourth-order valence-electron chi connectivity index (χ4n) is 1.85. The fourth-order valence-corrected chi connectivity index (χ4v) is 1.85. The van der Waals surface area contributed by atoms with E-state index in [0.717, 1.165) is 0 Å². The number of hydrogen-bond donors (Lipinski definition) is 3. The Kier molecular flexibility index (Phi) is 4.85. The average Bonchev–Trinajstić information content (AvgIpc) is 2.53. The number of phenolic OH excluding ortho intramolecular Hbond substituents is 1. The Morgan fingerprint density at radius 1 is 1.26 bits per heavy atom. The highest BCUT2D eigenvalue weighted by molar-refractivity contribution is 5.82. The van der Waals surface area contributed by atoms with Crippen LogP contribution in [0.2, 0.25) is 0 Å². The molecule has 0 amide bonds. The number of phenols is 1. The summed E-state index contributed by atoms with van der Waals surface area (Å²) < 4.78 is 10.1. The zero-order valence-corrected chi connectivity index (χ0v) is 13.3. The molecule has 122 valence electrons. The molecule has 2 aromatic rings.